The van der Waals surface area contributed by atoms with Crippen LogP contribution in [0, 0.1) is 5.82 Å². The number of benzene rings is 1. The van der Waals surface area contributed by atoms with E-state index in [9.17, 15) is 4.39 Å². The molecule has 0 aliphatic carbocycles. The monoisotopic (exact) mass is 313 g/mol. The van der Waals surface area contributed by atoms with Gasteiger partial charge in [0.05, 0.1) is 5.02 Å². The van der Waals surface area contributed by atoms with Gasteiger partial charge in [0.1, 0.15) is 5.82 Å². The average molecular weight is 314 g/mol. The fourth-order valence-corrected chi connectivity index (χ4v) is 2.69. The van der Waals surface area contributed by atoms with E-state index in [0.29, 0.717) is 6.04 Å². The summed E-state index contributed by atoms with van der Waals surface area (Å²) in [7, 11) is 0. The molecular formula is C18H29ClFN. The molecule has 0 aliphatic heterocycles. The van der Waals surface area contributed by atoms with Crippen LogP contribution in [0.1, 0.15) is 64.4 Å². The lowest BCUT2D eigenvalue weighted by Gasteiger charge is -2.19. The Morgan fingerprint density at radius 2 is 1.86 bits per heavy atom. The summed E-state index contributed by atoms with van der Waals surface area (Å²) in [5, 5.41) is 3.79. The molecule has 0 saturated carbocycles. The second-order valence-corrected chi connectivity index (χ2v) is 6.21. The zero-order valence-corrected chi connectivity index (χ0v) is 14.2. The predicted molar refractivity (Wildman–Crippen MR) is 90.6 cm³/mol. The predicted octanol–water partition coefficient (Wildman–Crippen LogP) is 5.75. The third kappa shape index (κ3) is 7.82. The largest absolute Gasteiger partial charge is 0.314 e. The molecular weight excluding hydrogens is 285 g/mol. The second kappa shape index (κ2) is 11.0. The summed E-state index contributed by atoms with van der Waals surface area (Å²) >= 11 is 5.74. The first-order chi connectivity index (χ1) is 10.2. The molecule has 0 saturated heterocycles. The minimum Gasteiger partial charge on any atom is -0.314 e. The van der Waals surface area contributed by atoms with Crippen LogP contribution >= 0.6 is 11.6 Å². The van der Waals surface area contributed by atoms with Crippen molar-refractivity contribution in [2.45, 2.75) is 71.3 Å². The minimum absolute atomic E-state index is 0.205. The van der Waals surface area contributed by atoms with Gasteiger partial charge in [0, 0.05) is 6.04 Å². The number of unbranched alkanes of at least 4 members (excludes halogenated alkanes) is 4. The van der Waals surface area contributed by atoms with E-state index < -0.39 is 0 Å². The van der Waals surface area contributed by atoms with E-state index in [4.69, 9.17) is 11.6 Å². The van der Waals surface area contributed by atoms with E-state index in [1.165, 1.54) is 32.1 Å². The Balaban J connectivity index is 2.46. The Kier molecular flexibility index (Phi) is 9.69. The van der Waals surface area contributed by atoms with Crippen LogP contribution in [-0.2, 0) is 6.42 Å². The quantitative estimate of drug-likeness (QED) is 0.513. The Morgan fingerprint density at radius 1 is 1.10 bits per heavy atom. The molecule has 1 unspecified atom stereocenters. The smallest absolute Gasteiger partial charge is 0.142 e. The molecule has 3 heteroatoms. The van der Waals surface area contributed by atoms with Crippen molar-refractivity contribution in [2.75, 3.05) is 6.54 Å². The maximum atomic E-state index is 13.5. The van der Waals surface area contributed by atoms with Gasteiger partial charge < -0.3 is 5.32 Å². The molecule has 21 heavy (non-hydrogen) atoms. The van der Waals surface area contributed by atoms with Crippen LogP contribution in [0.2, 0.25) is 5.02 Å². The highest BCUT2D eigenvalue weighted by Gasteiger charge is 2.10. The molecule has 1 aromatic carbocycles. The normalized spacial score (nSPS) is 12.6. The molecule has 1 atom stereocenters. The van der Waals surface area contributed by atoms with Gasteiger partial charge in [0.25, 0.3) is 0 Å². The average Bonchev–Trinajstić information content (AvgIpc) is 2.48. The lowest BCUT2D eigenvalue weighted by molar-refractivity contribution is 0.450. The van der Waals surface area contributed by atoms with Crippen LogP contribution in [-0.4, -0.2) is 12.6 Å². The van der Waals surface area contributed by atoms with Gasteiger partial charge in [0.15, 0.2) is 0 Å². The fourth-order valence-electron chi connectivity index (χ4n) is 2.57. The number of hydrogen-bond acceptors (Lipinski definition) is 1. The number of halogens is 2. The molecule has 1 nitrogen and oxygen atoms in total. The van der Waals surface area contributed by atoms with Gasteiger partial charge in [-0.1, -0.05) is 63.6 Å². The zero-order chi connectivity index (χ0) is 15.5. The van der Waals surface area contributed by atoms with Crippen molar-refractivity contribution in [3.8, 4) is 0 Å². The molecule has 1 rings (SSSR count). The Labute approximate surface area is 134 Å². The summed E-state index contributed by atoms with van der Waals surface area (Å²) < 4.78 is 13.5. The van der Waals surface area contributed by atoms with Crippen molar-refractivity contribution in [1.29, 1.82) is 0 Å². The first kappa shape index (κ1) is 18.4. The molecule has 1 N–H and O–H groups in total. The van der Waals surface area contributed by atoms with Gasteiger partial charge in [-0.05, 0) is 43.5 Å². The number of hydrogen-bond donors (Lipinski definition) is 1. The zero-order valence-electron chi connectivity index (χ0n) is 13.4. The van der Waals surface area contributed by atoms with E-state index in [2.05, 4.69) is 19.2 Å². The van der Waals surface area contributed by atoms with Gasteiger partial charge in [-0.2, -0.15) is 0 Å². The summed E-state index contributed by atoms with van der Waals surface area (Å²) in [6.07, 6.45) is 9.64. The molecule has 0 heterocycles. The standard InChI is InChI=1S/C18H29ClFN/c1-3-5-6-7-8-9-16(21-12-4-2)13-15-10-11-17(19)18(20)14-15/h10-11,14,16,21H,3-9,12-13H2,1-2H3. The van der Waals surface area contributed by atoms with E-state index in [-0.39, 0.29) is 10.8 Å². The SMILES string of the molecule is CCCCCCCC(Cc1ccc(Cl)c(F)c1)NCCC. The Morgan fingerprint density at radius 3 is 2.52 bits per heavy atom. The molecule has 120 valence electrons. The molecule has 0 radical (unpaired) electrons. The van der Waals surface area contributed by atoms with Crippen molar-refractivity contribution in [3.05, 3.63) is 34.6 Å². The van der Waals surface area contributed by atoms with Crippen molar-refractivity contribution in [2.24, 2.45) is 0 Å². The lowest BCUT2D eigenvalue weighted by atomic mass is 9.99. The van der Waals surface area contributed by atoms with E-state index in [1.54, 1.807) is 12.1 Å². The highest BCUT2D eigenvalue weighted by Crippen LogP contribution is 2.18. The maximum Gasteiger partial charge on any atom is 0.142 e. The highest BCUT2D eigenvalue weighted by atomic mass is 35.5. The molecule has 0 aliphatic rings. The summed E-state index contributed by atoms with van der Waals surface area (Å²) in [4.78, 5) is 0. The Bertz CT molecular complexity index is 395. The van der Waals surface area contributed by atoms with Gasteiger partial charge in [0.2, 0.25) is 0 Å². The van der Waals surface area contributed by atoms with E-state index in [1.807, 2.05) is 6.07 Å². The molecule has 0 amide bonds. The third-order valence-electron chi connectivity index (χ3n) is 3.81. The topological polar surface area (TPSA) is 12.0 Å². The van der Waals surface area contributed by atoms with Gasteiger partial charge >= 0.3 is 0 Å². The van der Waals surface area contributed by atoms with Crippen molar-refractivity contribution in [3.63, 3.8) is 0 Å². The lowest BCUT2D eigenvalue weighted by Crippen LogP contribution is -2.31. The second-order valence-electron chi connectivity index (χ2n) is 5.81. The molecule has 0 aromatic heterocycles. The van der Waals surface area contributed by atoms with Crippen molar-refractivity contribution < 1.29 is 4.39 Å². The van der Waals surface area contributed by atoms with Crippen LogP contribution in [0.25, 0.3) is 0 Å². The van der Waals surface area contributed by atoms with Crippen LogP contribution in [0.3, 0.4) is 0 Å². The summed E-state index contributed by atoms with van der Waals surface area (Å²) in [5.41, 5.74) is 1.03. The van der Waals surface area contributed by atoms with Crippen LogP contribution in [0.4, 0.5) is 4.39 Å². The summed E-state index contributed by atoms with van der Waals surface area (Å²) in [5.74, 6) is -0.314. The van der Waals surface area contributed by atoms with E-state index in [0.717, 1.165) is 31.4 Å². The first-order valence-corrected chi connectivity index (χ1v) is 8.72. The van der Waals surface area contributed by atoms with Gasteiger partial charge in [-0.25, -0.2) is 4.39 Å². The van der Waals surface area contributed by atoms with Crippen LogP contribution in [0.5, 0.6) is 0 Å². The Hall–Kier alpha value is -0.600. The van der Waals surface area contributed by atoms with Crippen molar-refractivity contribution in [1.82, 2.24) is 5.32 Å². The number of rotatable bonds is 11. The minimum atomic E-state index is -0.314. The summed E-state index contributed by atoms with van der Waals surface area (Å²) in [6, 6.07) is 5.60. The van der Waals surface area contributed by atoms with Crippen LogP contribution in [0.15, 0.2) is 18.2 Å². The fraction of sp³-hybridized carbons (Fsp3) is 0.667. The molecule has 0 fully saturated rings. The summed E-state index contributed by atoms with van der Waals surface area (Å²) in [6.45, 7) is 5.43. The third-order valence-corrected chi connectivity index (χ3v) is 4.11. The van der Waals surface area contributed by atoms with E-state index >= 15 is 0 Å². The highest BCUT2D eigenvalue weighted by molar-refractivity contribution is 6.30. The van der Waals surface area contributed by atoms with Crippen LogP contribution < -0.4 is 5.32 Å². The first-order valence-electron chi connectivity index (χ1n) is 8.34. The number of nitrogens with one attached hydrogen (secondary N) is 1. The maximum absolute atomic E-state index is 13.5. The molecule has 0 bridgehead atoms. The van der Waals surface area contributed by atoms with Crippen molar-refractivity contribution >= 4 is 11.6 Å². The molecule has 0 spiro atoms. The molecule has 1 aromatic rings. The van der Waals surface area contributed by atoms with Gasteiger partial charge in [-0.3, -0.25) is 0 Å². The van der Waals surface area contributed by atoms with Gasteiger partial charge in [-0.15, -0.1) is 0 Å².